The maximum absolute atomic E-state index is 5.14. The smallest absolute Gasteiger partial charge is 0.257 e. The third-order valence-electron chi connectivity index (χ3n) is 6.20. The van der Waals surface area contributed by atoms with Gasteiger partial charge in [-0.15, -0.1) is 0 Å². The summed E-state index contributed by atoms with van der Waals surface area (Å²) < 4.78 is 2.54. The summed E-state index contributed by atoms with van der Waals surface area (Å²) in [6, 6.07) is 13.8. The Morgan fingerprint density at radius 2 is 0.970 bits per heavy atom. The van der Waals surface area contributed by atoms with Gasteiger partial charge in [-0.1, -0.05) is 53.4 Å². The number of hydrogen-bond acceptors (Lipinski definition) is 3. The van der Waals surface area contributed by atoms with Crippen LogP contribution in [0.1, 0.15) is 79.1 Å². The molecule has 0 bridgehead atoms. The summed E-state index contributed by atoms with van der Waals surface area (Å²) in [7, 11) is 0. The van der Waals surface area contributed by atoms with Gasteiger partial charge in [-0.3, -0.25) is 0 Å². The summed E-state index contributed by atoms with van der Waals surface area (Å²) in [4.78, 5) is 10.2. The van der Waals surface area contributed by atoms with E-state index in [-0.39, 0.29) is 12.4 Å². The van der Waals surface area contributed by atoms with Crippen molar-refractivity contribution in [3.8, 4) is 0 Å². The first-order valence-corrected chi connectivity index (χ1v) is 13.7. The summed E-state index contributed by atoms with van der Waals surface area (Å²) in [6.07, 6.45) is 9.89. The van der Waals surface area contributed by atoms with Crippen LogP contribution >= 0.6 is 11.3 Å². The van der Waals surface area contributed by atoms with Crippen LogP contribution in [0.3, 0.4) is 0 Å². The molecule has 0 amide bonds. The molecule has 3 aromatic rings. The molecule has 0 radical (unpaired) electrons. The standard InChI is InChI=1S/C28H42N3S.ClH/c1-5-9-17-30(18-10-6-2)23-13-15-27-25(21-23)29-26-22-24(14-16-28(26)32-27)31(19-11-7-3)20-12-8-4;/h13-16,21-22H,5-12,17-20H2,1-4H3;1H/q+1;/p-1. The minimum Gasteiger partial charge on any atom is -1.00 e. The van der Waals surface area contributed by atoms with Crippen LogP contribution in [0, 0.1) is 0 Å². The van der Waals surface area contributed by atoms with Crippen LogP contribution in [0.15, 0.2) is 36.4 Å². The number of rotatable bonds is 14. The van der Waals surface area contributed by atoms with Crippen molar-refractivity contribution in [2.75, 3.05) is 36.0 Å². The predicted octanol–water partition coefficient (Wildman–Crippen LogP) is 5.55. The lowest BCUT2D eigenvalue weighted by molar-refractivity contribution is -0.00000669. The van der Waals surface area contributed by atoms with Crippen molar-refractivity contribution in [3.63, 3.8) is 0 Å². The van der Waals surface area contributed by atoms with Gasteiger partial charge in [0, 0.05) is 49.7 Å². The van der Waals surface area contributed by atoms with Gasteiger partial charge in [0.2, 0.25) is 11.3 Å². The van der Waals surface area contributed by atoms with E-state index in [4.69, 9.17) is 4.98 Å². The summed E-state index contributed by atoms with van der Waals surface area (Å²) in [5.74, 6) is 0. The molecule has 0 unspecified atom stereocenters. The summed E-state index contributed by atoms with van der Waals surface area (Å²) >= 11 is 1.86. The molecule has 182 valence electrons. The number of fused-ring (bicyclic) bond motifs is 2. The van der Waals surface area contributed by atoms with Crippen LogP contribution in [-0.4, -0.2) is 31.2 Å². The van der Waals surface area contributed by atoms with E-state index in [1.807, 2.05) is 11.3 Å². The first kappa shape index (κ1) is 27.6. The van der Waals surface area contributed by atoms with Gasteiger partial charge in [0.1, 0.15) is 11.0 Å². The van der Waals surface area contributed by atoms with Crippen molar-refractivity contribution in [2.24, 2.45) is 0 Å². The summed E-state index contributed by atoms with van der Waals surface area (Å²) in [5.41, 5.74) is 4.90. The molecule has 0 aliphatic rings. The fourth-order valence-corrected chi connectivity index (χ4v) is 5.06. The summed E-state index contributed by atoms with van der Waals surface area (Å²) in [6.45, 7) is 13.6. The van der Waals surface area contributed by atoms with Crippen LogP contribution in [0.5, 0.6) is 0 Å². The molecule has 3 rings (SSSR count). The molecule has 5 heteroatoms. The fourth-order valence-electron chi connectivity index (χ4n) is 4.14. The Morgan fingerprint density at radius 3 is 1.30 bits per heavy atom. The zero-order chi connectivity index (χ0) is 22.8. The third kappa shape index (κ3) is 7.68. The number of aromatic nitrogens is 1. The Balaban J connectivity index is 0.00000385. The highest BCUT2D eigenvalue weighted by molar-refractivity contribution is 7.24. The highest BCUT2D eigenvalue weighted by atomic mass is 35.5. The molecule has 2 aromatic carbocycles. The summed E-state index contributed by atoms with van der Waals surface area (Å²) in [5, 5.41) is 0. The molecule has 0 spiro atoms. The lowest BCUT2D eigenvalue weighted by Crippen LogP contribution is -3.00. The molecule has 0 N–H and O–H groups in total. The van der Waals surface area contributed by atoms with Crippen molar-refractivity contribution in [2.45, 2.75) is 79.1 Å². The highest BCUT2D eigenvalue weighted by Crippen LogP contribution is 2.31. The Labute approximate surface area is 211 Å². The predicted molar refractivity (Wildman–Crippen MR) is 146 cm³/mol. The number of unbranched alkanes of at least 4 members (excludes halogenated alkanes) is 4. The van der Waals surface area contributed by atoms with Gasteiger partial charge in [-0.2, -0.15) is 0 Å². The van der Waals surface area contributed by atoms with Crippen molar-refractivity contribution >= 4 is 43.1 Å². The normalized spacial score (nSPS) is 11.0. The monoisotopic (exact) mass is 487 g/mol. The Hall–Kier alpha value is -1.65. The molecule has 0 fully saturated rings. The van der Waals surface area contributed by atoms with Crippen molar-refractivity contribution in [1.29, 1.82) is 0 Å². The third-order valence-corrected chi connectivity index (χ3v) is 7.33. The molecule has 0 atom stereocenters. The average molecular weight is 488 g/mol. The number of halogens is 1. The maximum Gasteiger partial charge on any atom is 0.257 e. The van der Waals surface area contributed by atoms with Crippen molar-refractivity contribution in [1.82, 2.24) is 4.98 Å². The zero-order valence-corrected chi connectivity index (χ0v) is 22.6. The van der Waals surface area contributed by atoms with Crippen LogP contribution in [-0.2, 0) is 0 Å². The van der Waals surface area contributed by atoms with E-state index in [1.54, 1.807) is 0 Å². The molecule has 1 heterocycles. The van der Waals surface area contributed by atoms with Crippen molar-refractivity contribution < 1.29 is 12.4 Å². The van der Waals surface area contributed by atoms with E-state index in [2.05, 4.69) is 73.9 Å². The molecule has 0 saturated heterocycles. The maximum atomic E-state index is 5.14. The fraction of sp³-hybridized carbons (Fsp3) is 0.571. The van der Waals surface area contributed by atoms with Gasteiger partial charge in [-0.05, 0) is 49.9 Å². The number of hydrogen-bond donors (Lipinski definition) is 0. The van der Waals surface area contributed by atoms with E-state index >= 15 is 0 Å². The topological polar surface area (TPSA) is 19.4 Å². The second-order valence-electron chi connectivity index (χ2n) is 8.91. The van der Waals surface area contributed by atoms with Gasteiger partial charge in [0.05, 0.1) is 0 Å². The van der Waals surface area contributed by atoms with Gasteiger partial charge in [-0.25, -0.2) is 4.98 Å². The molecule has 1 aromatic heterocycles. The molecular weight excluding hydrogens is 446 g/mol. The van der Waals surface area contributed by atoms with Crippen molar-refractivity contribution in [3.05, 3.63) is 36.4 Å². The zero-order valence-electron chi connectivity index (χ0n) is 21.1. The van der Waals surface area contributed by atoms with E-state index in [0.717, 1.165) is 37.2 Å². The minimum absolute atomic E-state index is 0. The largest absolute Gasteiger partial charge is 1.00 e. The first-order valence-electron chi connectivity index (χ1n) is 12.9. The Kier molecular flexibility index (Phi) is 12.2. The van der Waals surface area contributed by atoms with Gasteiger partial charge in [0.15, 0.2) is 0 Å². The Bertz CT molecular complexity index is 887. The number of nitrogens with zero attached hydrogens (tertiary/aromatic N) is 3. The molecule has 0 aliphatic carbocycles. The molecule has 0 aliphatic heterocycles. The molecule has 0 saturated carbocycles. The minimum atomic E-state index is 0. The number of anilines is 2. The highest BCUT2D eigenvalue weighted by Gasteiger charge is 2.17. The van der Waals surface area contributed by atoms with Gasteiger partial charge >= 0.3 is 0 Å². The molecule has 33 heavy (non-hydrogen) atoms. The van der Waals surface area contributed by atoms with Crippen LogP contribution in [0.2, 0.25) is 0 Å². The number of benzene rings is 2. The quantitative estimate of drug-likeness (QED) is 0.219. The molecular formula is C28H42ClN3S. The second kappa shape index (κ2) is 14.6. The van der Waals surface area contributed by atoms with Gasteiger partial charge in [0.25, 0.3) is 9.40 Å². The van der Waals surface area contributed by atoms with E-state index < -0.39 is 0 Å². The van der Waals surface area contributed by atoms with Crippen LogP contribution in [0.25, 0.3) is 20.4 Å². The lowest BCUT2D eigenvalue weighted by Gasteiger charge is -2.25. The van der Waals surface area contributed by atoms with Crippen LogP contribution < -0.4 is 22.2 Å². The lowest BCUT2D eigenvalue weighted by atomic mass is 10.2. The molecule has 3 nitrogen and oxygen atoms in total. The van der Waals surface area contributed by atoms with E-state index in [0.29, 0.717) is 0 Å². The Morgan fingerprint density at radius 1 is 0.606 bits per heavy atom. The first-order chi connectivity index (χ1) is 15.7. The van der Waals surface area contributed by atoms with Gasteiger partial charge < -0.3 is 22.2 Å². The SMILES string of the molecule is CCCCN(CCCC)c1ccc2[s+]c3ccc(N(CCCC)CCCC)cc3nc2c1.[Cl-]. The van der Waals surface area contributed by atoms with E-state index in [9.17, 15) is 0 Å². The van der Waals surface area contributed by atoms with E-state index in [1.165, 1.54) is 72.1 Å². The average Bonchev–Trinajstić information content (AvgIpc) is 2.82. The second-order valence-corrected chi connectivity index (χ2v) is 9.99. The van der Waals surface area contributed by atoms with Crippen LogP contribution in [0.4, 0.5) is 11.4 Å².